The highest BCUT2D eigenvalue weighted by Gasteiger charge is 2.10. The molecule has 0 atom stereocenters. The third kappa shape index (κ3) is 5.14. The smallest absolute Gasteiger partial charge is 0.310 e. The Morgan fingerprint density at radius 3 is 2.45 bits per heavy atom. The van der Waals surface area contributed by atoms with Gasteiger partial charge < -0.3 is 10.1 Å². The van der Waals surface area contributed by atoms with Gasteiger partial charge in [-0.3, -0.25) is 9.59 Å². The number of halogens is 1. The molecule has 2 aromatic rings. The molecule has 4 nitrogen and oxygen atoms in total. The molecule has 0 aromatic heterocycles. The van der Waals surface area contributed by atoms with Gasteiger partial charge in [0.25, 0.3) is 5.91 Å². The first-order chi connectivity index (χ1) is 10.5. The van der Waals surface area contributed by atoms with Crippen LogP contribution in [-0.2, 0) is 20.7 Å². The first-order valence-corrected chi connectivity index (χ1v) is 7.88. The van der Waals surface area contributed by atoms with Crippen LogP contribution in [0.1, 0.15) is 11.1 Å². The van der Waals surface area contributed by atoms with Crippen molar-refractivity contribution in [2.75, 3.05) is 11.9 Å². The van der Waals surface area contributed by atoms with Crippen molar-refractivity contribution >= 4 is 40.2 Å². The van der Waals surface area contributed by atoms with Gasteiger partial charge in [0.1, 0.15) is 0 Å². The van der Waals surface area contributed by atoms with Crippen LogP contribution in [-0.4, -0.2) is 18.5 Å². The Hall–Kier alpha value is -1.89. The molecule has 0 saturated carbocycles. The Balaban J connectivity index is 1.79. The van der Waals surface area contributed by atoms with E-state index >= 15 is 0 Å². The highest BCUT2D eigenvalue weighted by Crippen LogP contribution is 2.11. The summed E-state index contributed by atoms with van der Waals surface area (Å²) >= 11 is 2.19. The van der Waals surface area contributed by atoms with Crippen molar-refractivity contribution in [2.45, 2.75) is 13.3 Å². The number of anilines is 1. The molecule has 0 fully saturated rings. The Kier molecular flexibility index (Phi) is 5.94. The molecule has 0 saturated heterocycles. The zero-order valence-corrected chi connectivity index (χ0v) is 14.3. The van der Waals surface area contributed by atoms with Crippen molar-refractivity contribution in [2.24, 2.45) is 0 Å². The molecule has 0 aliphatic heterocycles. The van der Waals surface area contributed by atoms with Crippen molar-refractivity contribution in [3.05, 3.63) is 63.2 Å². The van der Waals surface area contributed by atoms with Crippen LogP contribution < -0.4 is 5.32 Å². The Labute approximate surface area is 143 Å². The largest absolute Gasteiger partial charge is 0.455 e. The van der Waals surface area contributed by atoms with E-state index in [0.717, 1.165) is 14.7 Å². The molecule has 0 bridgehead atoms. The number of carbonyl (C=O) groups is 2. The molecule has 0 aliphatic rings. The number of amides is 1. The molecule has 0 radical (unpaired) electrons. The number of esters is 1. The minimum Gasteiger partial charge on any atom is -0.455 e. The van der Waals surface area contributed by atoms with Gasteiger partial charge in [0, 0.05) is 9.26 Å². The molecular formula is C17H16INO3. The van der Waals surface area contributed by atoms with E-state index in [1.165, 1.54) is 0 Å². The zero-order chi connectivity index (χ0) is 15.9. The van der Waals surface area contributed by atoms with E-state index in [0.29, 0.717) is 5.69 Å². The number of benzene rings is 2. The maximum absolute atomic E-state index is 11.8. The maximum atomic E-state index is 11.8. The first kappa shape index (κ1) is 16.5. The molecule has 114 valence electrons. The number of carbonyl (C=O) groups excluding carboxylic acids is 2. The molecular weight excluding hydrogens is 393 g/mol. The van der Waals surface area contributed by atoms with Crippen LogP contribution in [0.3, 0.4) is 0 Å². The lowest BCUT2D eigenvalue weighted by atomic mass is 10.1. The van der Waals surface area contributed by atoms with Crippen LogP contribution in [0, 0.1) is 10.5 Å². The Morgan fingerprint density at radius 1 is 1.09 bits per heavy atom. The number of nitrogens with one attached hydrogen (secondary N) is 1. The SMILES string of the molecule is Cc1ccccc1CC(=O)OCC(=O)Nc1ccc(I)cc1. The van der Waals surface area contributed by atoms with Gasteiger partial charge in [-0.05, 0) is 64.9 Å². The lowest BCUT2D eigenvalue weighted by molar-refractivity contribution is -0.146. The van der Waals surface area contributed by atoms with E-state index in [-0.39, 0.29) is 18.9 Å². The minimum atomic E-state index is -0.410. The molecule has 2 aromatic carbocycles. The second kappa shape index (κ2) is 7.93. The Morgan fingerprint density at radius 2 is 1.77 bits per heavy atom. The van der Waals surface area contributed by atoms with E-state index < -0.39 is 5.97 Å². The fourth-order valence-corrected chi connectivity index (χ4v) is 2.25. The molecule has 22 heavy (non-hydrogen) atoms. The van der Waals surface area contributed by atoms with Crippen molar-refractivity contribution in [1.29, 1.82) is 0 Å². The first-order valence-electron chi connectivity index (χ1n) is 6.80. The van der Waals surface area contributed by atoms with Crippen molar-refractivity contribution in [1.82, 2.24) is 0 Å². The highest BCUT2D eigenvalue weighted by atomic mass is 127. The molecule has 0 heterocycles. The highest BCUT2D eigenvalue weighted by molar-refractivity contribution is 14.1. The summed E-state index contributed by atoms with van der Waals surface area (Å²) in [5.41, 5.74) is 2.62. The molecule has 1 amide bonds. The monoisotopic (exact) mass is 409 g/mol. The van der Waals surface area contributed by atoms with Gasteiger partial charge in [-0.25, -0.2) is 0 Å². The van der Waals surface area contributed by atoms with Crippen LogP contribution in [0.4, 0.5) is 5.69 Å². The predicted molar refractivity (Wildman–Crippen MR) is 93.6 cm³/mol. The van der Waals surface area contributed by atoms with E-state index in [1.54, 1.807) is 12.1 Å². The fraction of sp³-hybridized carbons (Fsp3) is 0.176. The second-order valence-electron chi connectivity index (χ2n) is 4.82. The van der Waals surface area contributed by atoms with E-state index in [4.69, 9.17) is 4.74 Å². The molecule has 0 spiro atoms. The maximum Gasteiger partial charge on any atom is 0.310 e. The van der Waals surface area contributed by atoms with Gasteiger partial charge in [0.2, 0.25) is 0 Å². The number of aryl methyl sites for hydroxylation is 1. The lowest BCUT2D eigenvalue weighted by Crippen LogP contribution is -2.21. The number of rotatable bonds is 5. The summed E-state index contributed by atoms with van der Waals surface area (Å²) in [6.07, 6.45) is 0.170. The normalized spacial score (nSPS) is 10.1. The molecule has 2 rings (SSSR count). The standard InChI is InChI=1S/C17H16INO3/c1-12-4-2-3-5-13(12)10-17(21)22-11-16(20)19-15-8-6-14(18)7-9-15/h2-9H,10-11H2,1H3,(H,19,20). The molecule has 5 heteroatoms. The van der Waals surface area contributed by atoms with Crippen molar-refractivity contribution < 1.29 is 14.3 Å². The average Bonchev–Trinajstić information content (AvgIpc) is 2.50. The third-order valence-corrected chi connectivity index (χ3v) is 3.81. The van der Waals surface area contributed by atoms with Gasteiger partial charge in [0.05, 0.1) is 6.42 Å². The van der Waals surface area contributed by atoms with E-state index in [9.17, 15) is 9.59 Å². The summed E-state index contributed by atoms with van der Waals surface area (Å²) in [5, 5.41) is 2.68. The summed E-state index contributed by atoms with van der Waals surface area (Å²) < 4.78 is 6.09. The van der Waals surface area contributed by atoms with Crippen molar-refractivity contribution in [3.8, 4) is 0 Å². The number of hydrogen-bond donors (Lipinski definition) is 1. The molecule has 1 N–H and O–H groups in total. The zero-order valence-electron chi connectivity index (χ0n) is 12.1. The Bertz CT molecular complexity index is 668. The number of ether oxygens (including phenoxy) is 1. The predicted octanol–water partition coefficient (Wildman–Crippen LogP) is 3.32. The quantitative estimate of drug-likeness (QED) is 0.609. The van der Waals surface area contributed by atoms with Gasteiger partial charge in [0.15, 0.2) is 6.61 Å². The molecule has 0 aliphatic carbocycles. The number of hydrogen-bond acceptors (Lipinski definition) is 3. The summed E-state index contributed by atoms with van der Waals surface area (Å²) in [6, 6.07) is 15.0. The summed E-state index contributed by atoms with van der Waals surface area (Å²) in [6.45, 7) is 1.66. The molecule has 0 unspecified atom stereocenters. The van der Waals surface area contributed by atoms with Crippen molar-refractivity contribution in [3.63, 3.8) is 0 Å². The van der Waals surface area contributed by atoms with E-state index in [2.05, 4.69) is 27.9 Å². The van der Waals surface area contributed by atoms with Crippen LogP contribution in [0.15, 0.2) is 48.5 Å². The van der Waals surface area contributed by atoms with Gasteiger partial charge in [-0.2, -0.15) is 0 Å². The summed E-state index contributed by atoms with van der Waals surface area (Å²) in [7, 11) is 0. The van der Waals surface area contributed by atoms with Gasteiger partial charge in [-0.1, -0.05) is 24.3 Å². The summed E-state index contributed by atoms with van der Waals surface area (Å²) in [5.74, 6) is -0.758. The third-order valence-electron chi connectivity index (χ3n) is 3.09. The lowest BCUT2D eigenvalue weighted by Gasteiger charge is -2.08. The van der Waals surface area contributed by atoms with Crippen LogP contribution in [0.2, 0.25) is 0 Å². The van der Waals surface area contributed by atoms with Crippen LogP contribution >= 0.6 is 22.6 Å². The fourth-order valence-electron chi connectivity index (χ4n) is 1.89. The topological polar surface area (TPSA) is 55.4 Å². The van der Waals surface area contributed by atoms with Crippen LogP contribution in [0.5, 0.6) is 0 Å². The summed E-state index contributed by atoms with van der Waals surface area (Å²) in [4.78, 5) is 23.5. The van der Waals surface area contributed by atoms with Crippen LogP contribution in [0.25, 0.3) is 0 Å². The minimum absolute atomic E-state index is 0.170. The van der Waals surface area contributed by atoms with Gasteiger partial charge >= 0.3 is 5.97 Å². The second-order valence-corrected chi connectivity index (χ2v) is 6.06. The average molecular weight is 409 g/mol. The van der Waals surface area contributed by atoms with Gasteiger partial charge in [-0.15, -0.1) is 0 Å². The van der Waals surface area contributed by atoms with E-state index in [1.807, 2.05) is 43.3 Å².